The van der Waals surface area contributed by atoms with E-state index in [1.54, 1.807) is 23.9 Å². The molecule has 2 heterocycles. The number of non-ortho nitro benzene ring substituents is 1. The Hall–Kier alpha value is -6.00. The third-order valence-corrected chi connectivity index (χ3v) is 12.0. The zero-order chi connectivity index (χ0) is 40.0. The van der Waals surface area contributed by atoms with Crippen molar-refractivity contribution >= 4 is 58.8 Å². The number of nitrogens with one attached hydrogen (secondary N) is 2. The lowest BCUT2D eigenvalue weighted by Gasteiger charge is -2.52. The lowest BCUT2D eigenvalue weighted by molar-refractivity contribution is -0.384. The number of hydrogen-bond donors (Lipinski definition) is 2. The Morgan fingerprint density at radius 3 is 2.07 bits per heavy atom. The number of carbonyl (C=O) groups excluding carboxylic acids is 4. The molecule has 14 nitrogen and oxygen atoms in total. The fraction of sp³-hybridized carbons (Fsp3) is 0.275. The molecule has 2 amide bonds. The molecule has 2 fully saturated rings. The maximum atomic E-state index is 14.4. The maximum Gasteiger partial charge on any atom is 0.514 e. The average Bonchev–Trinajstić information content (AvgIpc) is 3.42. The van der Waals surface area contributed by atoms with Crippen molar-refractivity contribution in [2.75, 3.05) is 0 Å². The zero-order valence-electron chi connectivity index (χ0n) is 30.5. The van der Waals surface area contributed by atoms with Crippen molar-refractivity contribution in [1.29, 1.82) is 0 Å². The van der Waals surface area contributed by atoms with Crippen molar-refractivity contribution in [1.82, 2.24) is 15.7 Å². The molecule has 0 spiro atoms. The molecule has 0 radical (unpaired) electrons. The first-order valence-corrected chi connectivity index (χ1v) is 18.8. The number of nitro benzene ring substituents is 1. The van der Waals surface area contributed by atoms with Gasteiger partial charge in [-0.3, -0.25) is 14.9 Å². The van der Waals surface area contributed by atoms with E-state index >= 15 is 0 Å². The van der Waals surface area contributed by atoms with Gasteiger partial charge >= 0.3 is 18.2 Å². The van der Waals surface area contributed by atoms with E-state index in [2.05, 4.69) is 10.8 Å². The Morgan fingerprint density at radius 1 is 0.857 bits per heavy atom. The molecule has 2 aliphatic rings. The number of hydroxylamine groups is 1. The molecule has 2 saturated heterocycles. The standard InChI is InChI=1S/C40H38N4O10S2/c1-25-34(55)43-35(25)56-39(2,3)40(43,22-26-10-6-4-7-11-26)36(46)54-42-33(45)32(41-37(47)51-23-28-14-18-30(19-15-28)44(49)50)29-16-20-31(21-17-29)53-38(48)52-24-27-12-8-5-9-13-27/h4-21,25,32,35H,22-24H2,1-3H3,(H,41,47)(H,42,45)/t25-,32?,35+,40-/m0/s1. The van der Waals surface area contributed by atoms with E-state index in [1.165, 1.54) is 48.5 Å². The Morgan fingerprint density at radius 2 is 1.45 bits per heavy atom. The Labute approximate surface area is 331 Å². The minimum Gasteiger partial charge on any atom is -0.445 e. The summed E-state index contributed by atoms with van der Waals surface area (Å²) in [6.45, 7) is 5.64. The largest absolute Gasteiger partial charge is 0.514 e. The molecule has 4 atom stereocenters. The van der Waals surface area contributed by atoms with Crippen molar-refractivity contribution in [3.8, 4) is 5.75 Å². The Bertz CT molecular complexity index is 2100. The molecule has 6 rings (SSSR count). The topological polar surface area (TPSA) is 176 Å². The van der Waals surface area contributed by atoms with Crippen LogP contribution < -0.4 is 15.5 Å². The van der Waals surface area contributed by atoms with Crippen LogP contribution in [0, 0.1) is 16.0 Å². The second-order valence-electron chi connectivity index (χ2n) is 13.7. The molecule has 2 N–H and O–H groups in total. The monoisotopic (exact) mass is 798 g/mol. The van der Waals surface area contributed by atoms with Crippen molar-refractivity contribution < 1.29 is 43.1 Å². The summed E-state index contributed by atoms with van der Waals surface area (Å²) in [5, 5.41) is 13.4. The van der Waals surface area contributed by atoms with Crippen LogP contribution in [0.3, 0.4) is 0 Å². The lowest BCUT2D eigenvalue weighted by Crippen LogP contribution is -2.71. The van der Waals surface area contributed by atoms with Crippen LogP contribution in [-0.4, -0.2) is 54.6 Å². The summed E-state index contributed by atoms with van der Waals surface area (Å²) < 4.78 is 15.1. The van der Waals surface area contributed by atoms with Gasteiger partial charge in [0.1, 0.15) is 25.0 Å². The van der Waals surface area contributed by atoms with Crippen LogP contribution >= 0.6 is 24.0 Å². The zero-order valence-corrected chi connectivity index (χ0v) is 32.2. The van der Waals surface area contributed by atoms with Gasteiger partial charge in [-0.25, -0.2) is 14.4 Å². The second-order valence-corrected chi connectivity index (χ2v) is 15.8. The first-order chi connectivity index (χ1) is 26.8. The fourth-order valence-electron chi connectivity index (χ4n) is 6.60. The molecule has 4 aromatic carbocycles. The van der Waals surface area contributed by atoms with E-state index in [9.17, 15) is 29.3 Å². The summed E-state index contributed by atoms with van der Waals surface area (Å²) in [7, 11) is 0. The first-order valence-electron chi connectivity index (χ1n) is 17.5. The van der Waals surface area contributed by atoms with Crippen LogP contribution in [0.25, 0.3) is 0 Å². The van der Waals surface area contributed by atoms with Crippen LogP contribution in [0.1, 0.15) is 49.1 Å². The van der Waals surface area contributed by atoms with Gasteiger partial charge in [0.25, 0.3) is 11.6 Å². The number of ether oxygens (including phenoxy) is 3. The lowest BCUT2D eigenvalue weighted by atomic mass is 9.76. The number of benzene rings is 4. The summed E-state index contributed by atoms with van der Waals surface area (Å²) in [5.41, 5.74) is 3.14. The highest BCUT2D eigenvalue weighted by molar-refractivity contribution is 8.02. The molecular formula is C40H38N4O10S2. The van der Waals surface area contributed by atoms with E-state index in [4.69, 9.17) is 31.3 Å². The number of thiocarbonyl (C=S) groups is 1. The second kappa shape index (κ2) is 16.8. The number of fused-ring (bicyclic) bond motifs is 1. The molecular weight excluding hydrogens is 761 g/mol. The smallest absolute Gasteiger partial charge is 0.445 e. The molecule has 0 bridgehead atoms. The number of rotatable bonds is 12. The minimum atomic E-state index is -1.47. The van der Waals surface area contributed by atoms with Crippen molar-refractivity contribution in [2.45, 2.75) is 62.1 Å². The van der Waals surface area contributed by atoms with Crippen molar-refractivity contribution in [3.05, 3.63) is 142 Å². The summed E-state index contributed by atoms with van der Waals surface area (Å²) in [6.07, 6.45) is -1.72. The van der Waals surface area contributed by atoms with Crippen molar-refractivity contribution in [3.63, 3.8) is 0 Å². The van der Waals surface area contributed by atoms with Gasteiger partial charge in [0, 0.05) is 29.2 Å². The molecule has 290 valence electrons. The molecule has 1 unspecified atom stereocenters. The Balaban J connectivity index is 1.19. The van der Waals surface area contributed by atoms with E-state index in [0.717, 1.165) is 11.1 Å². The predicted molar refractivity (Wildman–Crippen MR) is 209 cm³/mol. The summed E-state index contributed by atoms with van der Waals surface area (Å²) >= 11 is 7.37. The summed E-state index contributed by atoms with van der Waals surface area (Å²) in [4.78, 5) is 72.3. The highest BCUT2D eigenvalue weighted by Crippen LogP contribution is 2.60. The van der Waals surface area contributed by atoms with Gasteiger partial charge in [-0.15, -0.1) is 11.8 Å². The number of hydrogen-bond acceptors (Lipinski definition) is 12. The van der Waals surface area contributed by atoms with Crippen LogP contribution in [-0.2, 0) is 43.5 Å². The van der Waals surface area contributed by atoms with Crippen LogP contribution in [0.2, 0.25) is 0 Å². The van der Waals surface area contributed by atoms with Crippen molar-refractivity contribution in [2.24, 2.45) is 5.92 Å². The average molecular weight is 799 g/mol. The van der Waals surface area contributed by atoms with E-state index in [1.807, 2.05) is 74.2 Å². The third kappa shape index (κ3) is 8.45. The number of carbonyl (C=O) groups is 4. The number of amides is 2. The van der Waals surface area contributed by atoms with Gasteiger partial charge in [0.2, 0.25) is 0 Å². The minimum absolute atomic E-state index is 0.00361. The number of alkyl carbamates (subject to hydrolysis) is 1. The predicted octanol–water partition coefficient (Wildman–Crippen LogP) is 6.96. The van der Waals surface area contributed by atoms with Gasteiger partial charge in [-0.2, -0.15) is 5.48 Å². The molecule has 2 aliphatic heterocycles. The van der Waals surface area contributed by atoms with Crippen LogP contribution in [0.4, 0.5) is 15.3 Å². The molecule has 0 aliphatic carbocycles. The number of nitro groups is 1. The molecule has 56 heavy (non-hydrogen) atoms. The van der Waals surface area contributed by atoms with Gasteiger partial charge in [-0.05, 0) is 60.4 Å². The Kier molecular flexibility index (Phi) is 11.9. The van der Waals surface area contributed by atoms with E-state index < -0.39 is 45.4 Å². The normalized spacial score (nSPS) is 19.7. The van der Waals surface area contributed by atoms with Crippen LogP contribution in [0.5, 0.6) is 5.75 Å². The summed E-state index contributed by atoms with van der Waals surface area (Å²) in [6, 6.07) is 28.1. The molecule has 0 aromatic heterocycles. The molecule has 0 saturated carbocycles. The third-order valence-electron chi connectivity index (χ3n) is 9.67. The van der Waals surface area contributed by atoms with Gasteiger partial charge < -0.3 is 29.3 Å². The van der Waals surface area contributed by atoms with Crippen LogP contribution in [0.15, 0.2) is 109 Å². The molecule has 16 heteroatoms. The highest BCUT2D eigenvalue weighted by atomic mass is 32.2. The highest BCUT2D eigenvalue weighted by Gasteiger charge is 2.70. The van der Waals surface area contributed by atoms with Gasteiger partial charge in [0.15, 0.2) is 5.54 Å². The number of thioether (sulfide) groups is 1. The van der Waals surface area contributed by atoms with Gasteiger partial charge in [0.05, 0.1) is 15.3 Å². The molecule has 4 aromatic rings. The van der Waals surface area contributed by atoms with E-state index in [0.29, 0.717) is 10.6 Å². The first kappa shape index (κ1) is 39.7. The quantitative estimate of drug-likeness (QED) is 0.0376. The van der Waals surface area contributed by atoms with E-state index in [-0.39, 0.29) is 47.9 Å². The SMILES string of the molecule is C[C@H]1C(=S)N2[C@@H]1SC(C)(C)[C@]2(Cc1ccccc1)C(=O)ONC(=O)C(NC(=O)OCc1ccc([N+](=O)[O-])cc1)c1ccc(OC(=O)OCc2ccccc2)cc1. The van der Waals surface area contributed by atoms with Gasteiger partial charge in [-0.1, -0.05) is 91.9 Å². The maximum absolute atomic E-state index is 14.4. The summed E-state index contributed by atoms with van der Waals surface area (Å²) in [5.74, 6) is -1.51. The fourth-order valence-corrected chi connectivity index (χ4v) is 8.93. The number of nitrogens with zero attached hydrogens (tertiary/aromatic N) is 2.